The van der Waals surface area contributed by atoms with Crippen LogP contribution in [0.25, 0.3) is 0 Å². The molecule has 1 aromatic carbocycles. The Hall–Kier alpha value is -0.590. The zero-order chi connectivity index (χ0) is 11.8. The summed E-state index contributed by atoms with van der Waals surface area (Å²) in [6.07, 6.45) is -3.88. The van der Waals surface area contributed by atoms with E-state index in [-0.39, 0.29) is 0 Å². The molecular formula is C11H9F3IN. The second kappa shape index (κ2) is 4.35. The largest absolute Gasteiger partial charge is 0.416 e. The smallest absolute Gasteiger partial charge is 0.288 e. The van der Waals surface area contributed by atoms with E-state index < -0.39 is 11.7 Å². The van der Waals surface area contributed by atoms with Crippen molar-refractivity contribution in [2.45, 2.75) is 12.6 Å². The van der Waals surface area contributed by atoms with Crippen LogP contribution >= 0.6 is 22.6 Å². The standard InChI is InChI=1S/C11H9F3IN/c12-11(13,14)9-3-1-2-8-7(9)4-5-16-10(8)6-15/h1-3H,4-6H2. The topological polar surface area (TPSA) is 12.4 Å². The quantitative estimate of drug-likeness (QED) is 0.549. The van der Waals surface area contributed by atoms with Gasteiger partial charge in [0.05, 0.1) is 11.3 Å². The number of nitrogens with zero attached hydrogens (tertiary/aromatic N) is 1. The Bertz CT molecular complexity index is 437. The predicted octanol–water partition coefficient (Wildman–Crippen LogP) is 3.49. The van der Waals surface area contributed by atoms with Gasteiger partial charge in [-0.05, 0) is 18.1 Å². The Labute approximate surface area is 105 Å². The van der Waals surface area contributed by atoms with Crippen molar-refractivity contribution >= 4 is 28.3 Å². The van der Waals surface area contributed by atoms with Crippen LogP contribution in [0.1, 0.15) is 16.7 Å². The van der Waals surface area contributed by atoms with E-state index in [4.69, 9.17) is 0 Å². The van der Waals surface area contributed by atoms with Gasteiger partial charge in [0.15, 0.2) is 0 Å². The first-order valence-corrected chi connectivity index (χ1v) is 6.35. The first kappa shape index (κ1) is 11.9. The number of hydrogen-bond acceptors (Lipinski definition) is 1. The summed E-state index contributed by atoms with van der Waals surface area (Å²) in [6.45, 7) is 0.457. The molecule has 0 saturated carbocycles. The molecule has 2 rings (SSSR count). The van der Waals surface area contributed by atoms with Gasteiger partial charge in [0.2, 0.25) is 0 Å². The number of benzene rings is 1. The molecule has 0 radical (unpaired) electrons. The number of aliphatic imine (C=N–C) groups is 1. The highest BCUT2D eigenvalue weighted by atomic mass is 127. The van der Waals surface area contributed by atoms with Gasteiger partial charge in [-0.3, -0.25) is 4.99 Å². The summed E-state index contributed by atoms with van der Waals surface area (Å²) in [7, 11) is 0. The summed E-state index contributed by atoms with van der Waals surface area (Å²) in [5.41, 5.74) is 1.32. The third-order valence-electron chi connectivity index (χ3n) is 2.58. The highest BCUT2D eigenvalue weighted by molar-refractivity contribution is 14.1. The van der Waals surface area contributed by atoms with Crippen molar-refractivity contribution in [3.8, 4) is 0 Å². The third kappa shape index (κ3) is 2.09. The molecule has 0 aliphatic carbocycles. The molecule has 1 nitrogen and oxygen atoms in total. The maximum atomic E-state index is 12.8. The molecule has 1 aliphatic rings. The van der Waals surface area contributed by atoms with E-state index >= 15 is 0 Å². The molecule has 5 heteroatoms. The molecule has 0 N–H and O–H groups in total. The fourth-order valence-corrected chi connectivity index (χ4v) is 2.55. The Morgan fingerprint density at radius 2 is 2.06 bits per heavy atom. The minimum atomic E-state index is -4.26. The molecule has 0 spiro atoms. The minimum Gasteiger partial charge on any atom is -0.288 e. The van der Waals surface area contributed by atoms with Crippen molar-refractivity contribution in [2.75, 3.05) is 11.0 Å². The Morgan fingerprint density at radius 3 is 2.69 bits per heavy atom. The highest BCUT2D eigenvalue weighted by Gasteiger charge is 2.34. The molecule has 0 bridgehead atoms. The summed E-state index contributed by atoms with van der Waals surface area (Å²) >= 11 is 2.12. The van der Waals surface area contributed by atoms with E-state index in [0.29, 0.717) is 28.5 Å². The Morgan fingerprint density at radius 1 is 1.31 bits per heavy atom. The van der Waals surface area contributed by atoms with Crippen LogP contribution in [0.15, 0.2) is 23.2 Å². The van der Waals surface area contributed by atoms with Gasteiger partial charge in [-0.2, -0.15) is 13.2 Å². The van der Waals surface area contributed by atoms with Crippen LogP contribution in [0, 0.1) is 0 Å². The van der Waals surface area contributed by atoms with E-state index in [9.17, 15) is 13.2 Å². The van der Waals surface area contributed by atoms with Crippen LogP contribution < -0.4 is 0 Å². The third-order valence-corrected chi connectivity index (χ3v) is 3.31. The number of hydrogen-bond donors (Lipinski definition) is 0. The summed E-state index contributed by atoms with van der Waals surface area (Å²) in [6, 6.07) is 4.32. The molecule has 86 valence electrons. The highest BCUT2D eigenvalue weighted by Crippen LogP contribution is 2.34. The van der Waals surface area contributed by atoms with Gasteiger partial charge in [-0.1, -0.05) is 34.7 Å². The minimum absolute atomic E-state index is 0.380. The maximum Gasteiger partial charge on any atom is 0.416 e. The molecule has 0 amide bonds. The van der Waals surface area contributed by atoms with E-state index in [2.05, 4.69) is 27.6 Å². The lowest BCUT2D eigenvalue weighted by molar-refractivity contribution is -0.138. The summed E-state index contributed by atoms with van der Waals surface area (Å²) in [5.74, 6) is 0. The van der Waals surface area contributed by atoms with Gasteiger partial charge < -0.3 is 0 Å². The summed E-state index contributed by atoms with van der Waals surface area (Å²) in [4.78, 5) is 4.25. The second-order valence-electron chi connectivity index (χ2n) is 3.54. The molecule has 1 heterocycles. The molecular weight excluding hydrogens is 330 g/mol. The van der Waals surface area contributed by atoms with E-state index in [1.165, 1.54) is 6.07 Å². The Kier molecular flexibility index (Phi) is 3.23. The first-order chi connectivity index (χ1) is 7.54. The van der Waals surface area contributed by atoms with Gasteiger partial charge in [0, 0.05) is 16.5 Å². The predicted molar refractivity (Wildman–Crippen MR) is 65.4 cm³/mol. The number of fused-ring (bicyclic) bond motifs is 1. The number of halogens is 4. The van der Waals surface area contributed by atoms with Crippen molar-refractivity contribution in [3.63, 3.8) is 0 Å². The fraction of sp³-hybridized carbons (Fsp3) is 0.364. The van der Waals surface area contributed by atoms with Crippen LogP contribution in [0.4, 0.5) is 13.2 Å². The van der Waals surface area contributed by atoms with Crippen molar-refractivity contribution in [2.24, 2.45) is 4.99 Å². The molecule has 0 fully saturated rings. The summed E-state index contributed by atoms with van der Waals surface area (Å²) < 4.78 is 38.9. The van der Waals surface area contributed by atoms with E-state index in [0.717, 1.165) is 11.8 Å². The number of rotatable bonds is 1. The lowest BCUT2D eigenvalue weighted by atomic mass is 9.93. The SMILES string of the molecule is FC(F)(F)c1cccc2c1CCN=C2CI. The van der Waals surface area contributed by atoms with Crippen molar-refractivity contribution in [1.29, 1.82) is 0 Å². The zero-order valence-electron chi connectivity index (χ0n) is 8.31. The van der Waals surface area contributed by atoms with Crippen molar-refractivity contribution in [3.05, 3.63) is 34.9 Å². The van der Waals surface area contributed by atoms with Crippen molar-refractivity contribution < 1.29 is 13.2 Å². The monoisotopic (exact) mass is 339 g/mol. The second-order valence-corrected chi connectivity index (χ2v) is 4.30. The molecule has 0 aromatic heterocycles. The molecule has 0 unspecified atom stereocenters. The van der Waals surface area contributed by atoms with Crippen LogP contribution in [-0.4, -0.2) is 16.7 Å². The first-order valence-electron chi connectivity index (χ1n) is 4.83. The van der Waals surface area contributed by atoms with Gasteiger partial charge in [-0.15, -0.1) is 0 Å². The van der Waals surface area contributed by atoms with Crippen LogP contribution in [-0.2, 0) is 12.6 Å². The lowest BCUT2D eigenvalue weighted by Crippen LogP contribution is -2.19. The fourth-order valence-electron chi connectivity index (χ4n) is 1.89. The lowest BCUT2D eigenvalue weighted by Gasteiger charge is -2.20. The molecule has 16 heavy (non-hydrogen) atoms. The average Bonchev–Trinajstić information content (AvgIpc) is 2.26. The summed E-state index contributed by atoms with van der Waals surface area (Å²) in [5, 5.41) is 0. The van der Waals surface area contributed by atoms with Gasteiger partial charge in [0.25, 0.3) is 0 Å². The van der Waals surface area contributed by atoms with Gasteiger partial charge in [0.1, 0.15) is 0 Å². The van der Waals surface area contributed by atoms with Crippen LogP contribution in [0.3, 0.4) is 0 Å². The van der Waals surface area contributed by atoms with Crippen LogP contribution in [0.5, 0.6) is 0 Å². The van der Waals surface area contributed by atoms with Gasteiger partial charge in [-0.25, -0.2) is 0 Å². The molecule has 1 aromatic rings. The average molecular weight is 339 g/mol. The number of alkyl halides is 4. The Balaban J connectivity index is 2.58. The maximum absolute atomic E-state index is 12.8. The molecule has 1 aliphatic heterocycles. The zero-order valence-corrected chi connectivity index (χ0v) is 10.5. The van der Waals surface area contributed by atoms with Crippen LogP contribution in [0.2, 0.25) is 0 Å². The normalized spacial score (nSPS) is 15.6. The van der Waals surface area contributed by atoms with Crippen molar-refractivity contribution in [1.82, 2.24) is 0 Å². The molecule has 0 saturated heterocycles. The van der Waals surface area contributed by atoms with E-state index in [1.807, 2.05) is 0 Å². The van der Waals surface area contributed by atoms with Gasteiger partial charge >= 0.3 is 6.18 Å². The molecule has 0 atom stereocenters. The van der Waals surface area contributed by atoms with E-state index in [1.54, 1.807) is 6.07 Å².